The van der Waals surface area contributed by atoms with Crippen molar-refractivity contribution in [3.05, 3.63) is 30.0 Å². The number of aromatic nitrogens is 2. The molecule has 0 aliphatic heterocycles. The minimum absolute atomic E-state index is 0.624. The first-order valence-corrected chi connectivity index (χ1v) is 5.30. The minimum atomic E-state index is 0.624. The maximum Gasteiger partial charge on any atom is 0.0992 e. The van der Waals surface area contributed by atoms with E-state index in [-0.39, 0.29) is 0 Å². The first-order valence-electron chi connectivity index (χ1n) is 4.77. The second-order valence-electron chi connectivity index (χ2n) is 3.30. The average molecular weight is 220 g/mol. The van der Waals surface area contributed by atoms with Crippen LogP contribution in [0.25, 0.3) is 10.9 Å². The van der Waals surface area contributed by atoms with Gasteiger partial charge in [-0.25, -0.2) is 0 Å². The Kier molecular flexibility index (Phi) is 2.89. The summed E-state index contributed by atoms with van der Waals surface area (Å²) in [5.41, 5.74) is 1.66. The van der Waals surface area contributed by atoms with Crippen LogP contribution in [0, 0.1) is 11.3 Å². The maximum atomic E-state index is 8.80. The summed E-state index contributed by atoms with van der Waals surface area (Å²) in [6.45, 7) is 0.794. The number of aryl methyl sites for hydroxylation is 1. The van der Waals surface area contributed by atoms with Crippen molar-refractivity contribution in [2.24, 2.45) is 0 Å². The quantitative estimate of drug-likeness (QED) is 0.745. The molecule has 0 unspecified atom stereocenters. The van der Waals surface area contributed by atoms with Gasteiger partial charge in [-0.1, -0.05) is 0 Å². The molecule has 4 heteroatoms. The lowest BCUT2D eigenvalue weighted by atomic mass is 10.2. The van der Waals surface area contributed by atoms with Crippen molar-refractivity contribution in [2.45, 2.75) is 13.0 Å². The van der Waals surface area contributed by atoms with Crippen LogP contribution in [0.4, 0.5) is 0 Å². The Balaban J connectivity index is 2.43. The largest absolute Gasteiger partial charge is 0.265 e. The van der Waals surface area contributed by atoms with E-state index in [1.807, 2.05) is 23.0 Å². The van der Waals surface area contributed by atoms with Crippen molar-refractivity contribution in [1.82, 2.24) is 9.78 Å². The molecular weight excluding hydrogens is 210 g/mol. The van der Waals surface area contributed by atoms with Gasteiger partial charge in [0.1, 0.15) is 0 Å². The summed E-state index contributed by atoms with van der Waals surface area (Å²) >= 11 is 5.63. The number of rotatable bonds is 3. The summed E-state index contributed by atoms with van der Waals surface area (Å²) in [5, 5.41) is 14.1. The van der Waals surface area contributed by atoms with Crippen LogP contribution in [0.2, 0.25) is 0 Å². The fourth-order valence-electron chi connectivity index (χ4n) is 1.53. The molecule has 1 heterocycles. The van der Waals surface area contributed by atoms with Crippen molar-refractivity contribution < 1.29 is 0 Å². The molecular formula is C11H10ClN3. The SMILES string of the molecule is N#Cc1ccc2cnn(CCCCl)c2c1. The molecule has 0 saturated carbocycles. The average Bonchev–Trinajstić information content (AvgIpc) is 2.68. The highest BCUT2D eigenvalue weighted by Gasteiger charge is 2.02. The zero-order valence-electron chi connectivity index (χ0n) is 8.15. The minimum Gasteiger partial charge on any atom is -0.265 e. The van der Waals surface area contributed by atoms with E-state index in [4.69, 9.17) is 16.9 Å². The molecule has 76 valence electrons. The lowest BCUT2D eigenvalue weighted by molar-refractivity contribution is 0.625. The van der Waals surface area contributed by atoms with Gasteiger partial charge in [0.2, 0.25) is 0 Å². The summed E-state index contributed by atoms with van der Waals surface area (Å²) in [5.74, 6) is 0.624. The third-order valence-electron chi connectivity index (χ3n) is 2.28. The molecule has 15 heavy (non-hydrogen) atoms. The van der Waals surface area contributed by atoms with Crippen LogP contribution in [0.3, 0.4) is 0 Å². The summed E-state index contributed by atoms with van der Waals surface area (Å²) < 4.78 is 1.89. The van der Waals surface area contributed by atoms with Gasteiger partial charge in [-0.3, -0.25) is 4.68 Å². The van der Waals surface area contributed by atoms with E-state index < -0.39 is 0 Å². The highest BCUT2D eigenvalue weighted by Crippen LogP contribution is 2.15. The van der Waals surface area contributed by atoms with E-state index in [0.29, 0.717) is 11.4 Å². The van der Waals surface area contributed by atoms with E-state index >= 15 is 0 Å². The van der Waals surface area contributed by atoms with Crippen LogP contribution in [0.5, 0.6) is 0 Å². The Labute approximate surface area is 92.9 Å². The van der Waals surface area contributed by atoms with Gasteiger partial charge in [-0.05, 0) is 24.6 Å². The van der Waals surface area contributed by atoms with Gasteiger partial charge in [-0.15, -0.1) is 11.6 Å². The molecule has 0 spiro atoms. The Morgan fingerprint density at radius 1 is 1.47 bits per heavy atom. The number of hydrogen-bond acceptors (Lipinski definition) is 2. The monoisotopic (exact) mass is 219 g/mol. The Morgan fingerprint density at radius 2 is 2.33 bits per heavy atom. The topological polar surface area (TPSA) is 41.6 Å². The van der Waals surface area contributed by atoms with Gasteiger partial charge in [0.05, 0.1) is 23.3 Å². The van der Waals surface area contributed by atoms with Crippen LogP contribution in [0.15, 0.2) is 24.4 Å². The first kappa shape index (κ1) is 10.0. The molecule has 0 N–H and O–H groups in total. The molecule has 0 fully saturated rings. The predicted octanol–water partition coefficient (Wildman–Crippen LogP) is 2.54. The van der Waals surface area contributed by atoms with Crippen LogP contribution < -0.4 is 0 Å². The number of nitrogens with zero attached hydrogens (tertiary/aromatic N) is 3. The molecule has 0 radical (unpaired) electrons. The van der Waals surface area contributed by atoms with Gasteiger partial charge in [0, 0.05) is 17.8 Å². The highest BCUT2D eigenvalue weighted by atomic mass is 35.5. The van der Waals surface area contributed by atoms with E-state index in [9.17, 15) is 0 Å². The number of fused-ring (bicyclic) bond motifs is 1. The van der Waals surface area contributed by atoms with Crippen LogP contribution >= 0.6 is 11.6 Å². The number of halogens is 1. The molecule has 2 rings (SSSR count). The van der Waals surface area contributed by atoms with E-state index in [0.717, 1.165) is 23.9 Å². The van der Waals surface area contributed by atoms with Crippen LogP contribution in [-0.2, 0) is 6.54 Å². The Morgan fingerprint density at radius 3 is 3.07 bits per heavy atom. The fraction of sp³-hybridized carbons (Fsp3) is 0.273. The normalized spacial score (nSPS) is 10.4. The summed E-state index contributed by atoms with van der Waals surface area (Å²) in [7, 11) is 0. The fourth-order valence-corrected chi connectivity index (χ4v) is 1.65. The molecule has 0 aliphatic carbocycles. The highest BCUT2D eigenvalue weighted by molar-refractivity contribution is 6.17. The van der Waals surface area contributed by atoms with Crippen LogP contribution in [-0.4, -0.2) is 15.7 Å². The van der Waals surface area contributed by atoms with E-state index in [1.165, 1.54) is 0 Å². The Hall–Kier alpha value is -1.53. The number of nitriles is 1. The third-order valence-corrected chi connectivity index (χ3v) is 2.54. The molecule has 0 aliphatic rings. The molecule has 0 amide bonds. The van der Waals surface area contributed by atoms with Crippen LogP contribution in [0.1, 0.15) is 12.0 Å². The maximum absolute atomic E-state index is 8.80. The van der Waals surface area contributed by atoms with E-state index in [2.05, 4.69) is 11.2 Å². The molecule has 0 atom stereocenters. The van der Waals surface area contributed by atoms with Gasteiger partial charge in [-0.2, -0.15) is 10.4 Å². The Bertz CT molecular complexity index is 510. The third kappa shape index (κ3) is 1.95. The second kappa shape index (κ2) is 4.33. The van der Waals surface area contributed by atoms with E-state index in [1.54, 1.807) is 6.07 Å². The van der Waals surface area contributed by atoms with Crippen molar-refractivity contribution in [1.29, 1.82) is 5.26 Å². The lowest BCUT2D eigenvalue weighted by Gasteiger charge is -2.01. The van der Waals surface area contributed by atoms with Gasteiger partial charge >= 0.3 is 0 Å². The van der Waals surface area contributed by atoms with Gasteiger partial charge in [0.15, 0.2) is 0 Å². The number of benzene rings is 1. The van der Waals surface area contributed by atoms with Crippen molar-refractivity contribution in [2.75, 3.05) is 5.88 Å². The first-order chi connectivity index (χ1) is 7.35. The lowest BCUT2D eigenvalue weighted by Crippen LogP contribution is -2.00. The summed E-state index contributed by atoms with van der Waals surface area (Å²) in [6.07, 6.45) is 2.69. The van der Waals surface area contributed by atoms with Gasteiger partial charge < -0.3 is 0 Å². The predicted molar refractivity (Wildman–Crippen MR) is 59.8 cm³/mol. The number of hydrogen-bond donors (Lipinski definition) is 0. The summed E-state index contributed by atoms with van der Waals surface area (Å²) in [4.78, 5) is 0. The zero-order valence-corrected chi connectivity index (χ0v) is 8.91. The van der Waals surface area contributed by atoms with Crippen molar-refractivity contribution >= 4 is 22.5 Å². The molecule has 1 aromatic heterocycles. The molecule has 3 nitrogen and oxygen atoms in total. The molecule has 1 aromatic carbocycles. The summed E-state index contributed by atoms with van der Waals surface area (Å²) in [6, 6.07) is 7.70. The second-order valence-corrected chi connectivity index (χ2v) is 3.67. The molecule has 0 saturated heterocycles. The van der Waals surface area contributed by atoms with Gasteiger partial charge in [0.25, 0.3) is 0 Å². The standard InChI is InChI=1S/C11H10ClN3/c12-4-1-5-15-11-6-9(7-13)2-3-10(11)8-14-15/h2-3,6,8H,1,4-5H2. The zero-order chi connectivity index (χ0) is 10.7. The van der Waals surface area contributed by atoms with Crippen molar-refractivity contribution in [3.63, 3.8) is 0 Å². The number of alkyl halides is 1. The molecule has 0 bridgehead atoms. The smallest absolute Gasteiger partial charge is 0.0992 e. The van der Waals surface area contributed by atoms with Crippen molar-refractivity contribution in [3.8, 4) is 6.07 Å². The molecule has 2 aromatic rings.